The molecule has 0 fully saturated rings. The summed E-state index contributed by atoms with van der Waals surface area (Å²) in [5, 5.41) is 2.90. The van der Waals surface area contributed by atoms with Gasteiger partial charge >= 0.3 is 0 Å². The molecule has 0 bridgehead atoms. The minimum Gasteiger partial charge on any atom is -0.139 e. The van der Waals surface area contributed by atoms with Crippen molar-refractivity contribution in [3.63, 3.8) is 0 Å². The first-order valence-electron chi connectivity index (χ1n) is 9.69. The smallest absolute Gasteiger partial charge is 0.0719 e. The first kappa shape index (κ1) is 18.6. The van der Waals surface area contributed by atoms with E-state index in [2.05, 4.69) is 47.1 Å². The van der Waals surface area contributed by atoms with E-state index in [-0.39, 0.29) is 0 Å². The average Bonchev–Trinajstić information content (AvgIpc) is 3.35. The minimum atomic E-state index is 1.23. The van der Waals surface area contributed by atoms with Gasteiger partial charge in [0.15, 0.2) is 0 Å². The monoisotopic (exact) mass is 492 g/mol. The lowest BCUT2D eigenvalue weighted by Crippen LogP contribution is -1.82. The first-order chi connectivity index (χ1) is 13.2. The number of benzene rings is 1. The number of halogens is 1. The third-order valence-electron chi connectivity index (χ3n) is 5.20. The molecule has 1 aromatic carbocycles. The van der Waals surface area contributed by atoms with Crippen LogP contribution in [0, 0.1) is 0 Å². The van der Waals surface area contributed by atoms with Crippen molar-refractivity contribution in [3.8, 4) is 0 Å². The Balaban J connectivity index is 1.43. The predicted molar refractivity (Wildman–Crippen MR) is 133 cm³/mol. The third kappa shape index (κ3) is 3.51. The third-order valence-corrected chi connectivity index (χ3v) is 10.6. The van der Waals surface area contributed by atoms with Crippen molar-refractivity contribution < 1.29 is 0 Å². The Morgan fingerprint density at radius 1 is 0.667 bits per heavy atom. The lowest BCUT2D eigenvalue weighted by Gasteiger charge is -1.99. The maximum Gasteiger partial charge on any atom is 0.0719 e. The van der Waals surface area contributed by atoms with Crippen molar-refractivity contribution >= 4 is 100 Å². The van der Waals surface area contributed by atoms with Gasteiger partial charge < -0.3 is 0 Å². The average molecular weight is 494 g/mol. The molecule has 0 aliphatic rings. The maximum absolute atomic E-state index is 3.64. The van der Waals surface area contributed by atoms with Gasteiger partial charge in [0.2, 0.25) is 0 Å². The van der Waals surface area contributed by atoms with Crippen molar-refractivity contribution in [2.45, 2.75) is 51.9 Å². The van der Waals surface area contributed by atoms with Crippen LogP contribution in [0.2, 0.25) is 0 Å². The summed E-state index contributed by atoms with van der Waals surface area (Å²) in [4.78, 5) is 1.57. The molecule has 0 nitrogen and oxygen atoms in total. The molecular weight excluding hydrogens is 472 g/mol. The highest BCUT2D eigenvalue weighted by Crippen LogP contribution is 2.46. The number of unbranched alkanes of at least 4 members (excludes halogenated alkanes) is 5. The van der Waals surface area contributed by atoms with Gasteiger partial charge in [-0.2, -0.15) is 0 Å². The molecule has 0 atom stereocenters. The zero-order valence-electron chi connectivity index (χ0n) is 15.3. The molecular formula is C22H21BrS4. The van der Waals surface area contributed by atoms with Crippen LogP contribution in [-0.2, 0) is 6.42 Å². The summed E-state index contributed by atoms with van der Waals surface area (Å²) in [5.74, 6) is 0. The lowest BCUT2D eigenvalue weighted by atomic mass is 10.1. The van der Waals surface area contributed by atoms with E-state index in [0.717, 1.165) is 0 Å². The normalized spacial score (nSPS) is 12.4. The fourth-order valence-corrected chi connectivity index (χ4v) is 9.55. The topological polar surface area (TPSA) is 0 Å². The van der Waals surface area contributed by atoms with E-state index in [1.54, 1.807) is 4.88 Å². The quantitative estimate of drug-likeness (QED) is 0.198. The number of hydrogen-bond donors (Lipinski definition) is 0. The summed E-state index contributed by atoms with van der Waals surface area (Å²) in [7, 11) is 0. The number of hydrogen-bond acceptors (Lipinski definition) is 4. The molecule has 0 unspecified atom stereocenters. The molecule has 0 saturated heterocycles. The second-order valence-electron chi connectivity index (χ2n) is 7.22. The van der Waals surface area contributed by atoms with Crippen LogP contribution < -0.4 is 0 Å². The number of thiophene rings is 4. The second kappa shape index (κ2) is 7.75. The van der Waals surface area contributed by atoms with E-state index in [4.69, 9.17) is 0 Å². The van der Waals surface area contributed by atoms with Crippen LogP contribution >= 0.6 is 61.3 Å². The van der Waals surface area contributed by atoms with Crippen molar-refractivity contribution in [2.75, 3.05) is 0 Å². The molecule has 4 aromatic heterocycles. The highest BCUT2D eigenvalue weighted by molar-refractivity contribution is 9.11. The Hall–Kier alpha value is -0.460. The highest BCUT2D eigenvalue weighted by Gasteiger charge is 2.14. The molecule has 0 saturated carbocycles. The van der Waals surface area contributed by atoms with E-state index in [9.17, 15) is 0 Å². The number of fused-ring (bicyclic) bond motifs is 6. The molecule has 4 heterocycles. The van der Waals surface area contributed by atoms with Gasteiger partial charge in [-0.15, -0.1) is 45.3 Å². The standard InChI is InChI=1S/C22H21BrS4/c1-2-3-4-5-6-7-8-13-9-18-21(24-13)14-10-17-15(11-16(14)25-18)22-19(26-17)12-20(23)27-22/h9-12H,2-8H2,1H3. The maximum atomic E-state index is 3.64. The van der Waals surface area contributed by atoms with Gasteiger partial charge in [-0.3, -0.25) is 0 Å². The van der Waals surface area contributed by atoms with Crippen LogP contribution in [0.3, 0.4) is 0 Å². The molecule has 27 heavy (non-hydrogen) atoms. The van der Waals surface area contributed by atoms with E-state index in [1.807, 2.05) is 45.3 Å². The van der Waals surface area contributed by atoms with Crippen LogP contribution in [-0.4, -0.2) is 0 Å². The van der Waals surface area contributed by atoms with Gasteiger partial charge in [-0.1, -0.05) is 39.0 Å². The molecule has 0 N–H and O–H groups in total. The van der Waals surface area contributed by atoms with Crippen LogP contribution in [0.25, 0.3) is 39.0 Å². The van der Waals surface area contributed by atoms with E-state index in [1.165, 1.54) is 87.7 Å². The Labute approximate surface area is 184 Å². The first-order valence-corrected chi connectivity index (χ1v) is 13.8. The Bertz CT molecular complexity index is 1230. The van der Waals surface area contributed by atoms with Crippen molar-refractivity contribution in [2.24, 2.45) is 0 Å². The Morgan fingerprint density at radius 3 is 2.04 bits per heavy atom. The van der Waals surface area contributed by atoms with Gasteiger partial charge in [0.25, 0.3) is 0 Å². The molecule has 5 rings (SSSR count). The van der Waals surface area contributed by atoms with Gasteiger partial charge in [0.1, 0.15) is 0 Å². The van der Waals surface area contributed by atoms with Gasteiger partial charge in [0.05, 0.1) is 13.2 Å². The Morgan fingerprint density at radius 2 is 1.30 bits per heavy atom. The van der Waals surface area contributed by atoms with Gasteiger partial charge in [-0.25, -0.2) is 0 Å². The van der Waals surface area contributed by atoms with Gasteiger partial charge in [0, 0.05) is 34.4 Å². The van der Waals surface area contributed by atoms with Crippen molar-refractivity contribution in [1.29, 1.82) is 0 Å². The van der Waals surface area contributed by atoms with E-state index in [0.29, 0.717) is 0 Å². The second-order valence-corrected chi connectivity index (χ2v) is 13.0. The summed E-state index contributed by atoms with van der Waals surface area (Å²) in [6.45, 7) is 2.29. The zero-order chi connectivity index (χ0) is 18.4. The highest BCUT2D eigenvalue weighted by atomic mass is 79.9. The van der Waals surface area contributed by atoms with E-state index >= 15 is 0 Å². The predicted octanol–water partition coefficient (Wildman–Crippen LogP) is 10.2. The SMILES string of the molecule is CCCCCCCCc1cc2sc3cc4c(cc3c2s1)sc1cc(Br)sc14. The summed E-state index contributed by atoms with van der Waals surface area (Å²) in [6.07, 6.45) is 9.52. The molecule has 0 aliphatic heterocycles. The molecule has 0 amide bonds. The fraction of sp³-hybridized carbons (Fsp3) is 0.364. The Kier molecular flexibility index (Phi) is 5.33. The zero-order valence-corrected chi connectivity index (χ0v) is 20.1. The van der Waals surface area contributed by atoms with Crippen LogP contribution in [0.4, 0.5) is 0 Å². The van der Waals surface area contributed by atoms with Crippen molar-refractivity contribution in [3.05, 3.63) is 32.9 Å². The van der Waals surface area contributed by atoms with Crippen LogP contribution in [0.15, 0.2) is 28.1 Å². The van der Waals surface area contributed by atoms with Gasteiger partial charge in [-0.05, 0) is 53.0 Å². The molecule has 0 aliphatic carbocycles. The number of rotatable bonds is 7. The largest absolute Gasteiger partial charge is 0.139 e. The summed E-state index contributed by atoms with van der Waals surface area (Å²) >= 11 is 11.4. The minimum absolute atomic E-state index is 1.23. The fourth-order valence-electron chi connectivity index (χ4n) is 3.82. The lowest BCUT2D eigenvalue weighted by molar-refractivity contribution is 0.609. The van der Waals surface area contributed by atoms with E-state index < -0.39 is 0 Å². The number of aryl methyl sites for hydroxylation is 1. The molecule has 0 spiro atoms. The van der Waals surface area contributed by atoms with Crippen LogP contribution in [0.5, 0.6) is 0 Å². The summed E-state index contributed by atoms with van der Waals surface area (Å²) in [5.41, 5.74) is 0. The summed E-state index contributed by atoms with van der Waals surface area (Å²) in [6, 6.07) is 9.59. The molecule has 5 aromatic rings. The molecule has 0 radical (unpaired) electrons. The molecule has 5 heteroatoms. The van der Waals surface area contributed by atoms with Crippen molar-refractivity contribution in [1.82, 2.24) is 0 Å². The summed E-state index contributed by atoms with van der Waals surface area (Å²) < 4.78 is 9.95. The molecule has 140 valence electrons. The van der Waals surface area contributed by atoms with Crippen LogP contribution in [0.1, 0.15) is 50.3 Å².